The molecule has 11 heteroatoms. The topological polar surface area (TPSA) is 124 Å². The average Bonchev–Trinajstić information content (AvgIpc) is 3.23. The number of rotatable bonds is 8. The Kier molecular flexibility index (Phi) is 6.40. The van der Waals surface area contributed by atoms with E-state index in [2.05, 4.69) is 15.5 Å². The number of para-hydroxylation sites is 1. The summed E-state index contributed by atoms with van der Waals surface area (Å²) in [6.07, 6.45) is 1.74. The summed E-state index contributed by atoms with van der Waals surface area (Å²) in [4.78, 5) is 36.3. The maximum Gasteiger partial charge on any atom is 0.293 e. The number of thioether (sulfide) groups is 1. The Labute approximate surface area is 192 Å². The molecule has 33 heavy (non-hydrogen) atoms. The Balaban J connectivity index is 1.64. The Morgan fingerprint density at radius 2 is 2.00 bits per heavy atom. The Bertz CT molecular complexity index is 1430. The molecule has 0 spiro atoms. The third-order valence-electron chi connectivity index (χ3n) is 5.17. The van der Waals surface area contributed by atoms with Crippen LogP contribution in [0.25, 0.3) is 16.7 Å². The summed E-state index contributed by atoms with van der Waals surface area (Å²) >= 11 is 1.15. The number of benzene rings is 2. The fourth-order valence-corrected chi connectivity index (χ4v) is 4.30. The molecule has 1 N–H and O–H groups in total. The monoisotopic (exact) mass is 466 g/mol. The van der Waals surface area contributed by atoms with E-state index in [1.165, 1.54) is 12.1 Å². The lowest BCUT2D eigenvalue weighted by Crippen LogP contribution is -2.23. The number of hydrogen-bond acceptors (Lipinski definition) is 7. The lowest BCUT2D eigenvalue weighted by atomic mass is 10.2. The van der Waals surface area contributed by atoms with Crippen LogP contribution in [-0.2, 0) is 11.3 Å². The second-order valence-corrected chi connectivity index (χ2v) is 8.50. The predicted molar refractivity (Wildman–Crippen MR) is 127 cm³/mol. The molecule has 0 unspecified atom stereocenters. The second-order valence-electron chi connectivity index (χ2n) is 7.56. The number of nitrogens with zero attached hydrogens (tertiary/aromatic N) is 5. The molecule has 0 aliphatic carbocycles. The van der Waals surface area contributed by atoms with Crippen LogP contribution >= 0.6 is 11.8 Å². The summed E-state index contributed by atoms with van der Waals surface area (Å²) in [5, 5.41) is 23.4. The number of carbonyl (C=O) groups is 1. The Morgan fingerprint density at radius 3 is 2.76 bits per heavy atom. The SMILES string of the molecule is CCCCn1c(=O)c2ccccc2n2c(SCC(=O)Nc3ccc(C)cc3[N+](=O)[O-])nnc12. The van der Waals surface area contributed by atoms with Gasteiger partial charge < -0.3 is 5.32 Å². The van der Waals surface area contributed by atoms with E-state index < -0.39 is 10.8 Å². The number of anilines is 1. The maximum atomic E-state index is 13.0. The molecule has 4 aromatic rings. The molecule has 0 aliphatic rings. The van der Waals surface area contributed by atoms with Crippen molar-refractivity contribution in [1.29, 1.82) is 0 Å². The number of nitro groups is 1. The van der Waals surface area contributed by atoms with Crippen LogP contribution in [0.2, 0.25) is 0 Å². The van der Waals surface area contributed by atoms with Crippen LogP contribution in [0.3, 0.4) is 0 Å². The van der Waals surface area contributed by atoms with Crippen LogP contribution in [-0.4, -0.2) is 35.7 Å². The molecular formula is C22H22N6O4S. The summed E-state index contributed by atoms with van der Waals surface area (Å²) < 4.78 is 3.39. The van der Waals surface area contributed by atoms with Gasteiger partial charge in [0, 0.05) is 12.6 Å². The minimum atomic E-state index is -0.524. The van der Waals surface area contributed by atoms with Crippen molar-refractivity contribution in [3.8, 4) is 0 Å². The fraction of sp³-hybridized carbons (Fsp3) is 0.273. The highest BCUT2D eigenvalue weighted by Crippen LogP contribution is 2.26. The smallest absolute Gasteiger partial charge is 0.293 e. The number of nitrogens with one attached hydrogen (secondary N) is 1. The normalized spacial score (nSPS) is 11.2. The number of aryl methyl sites for hydroxylation is 2. The fourth-order valence-electron chi connectivity index (χ4n) is 3.56. The highest BCUT2D eigenvalue weighted by Gasteiger charge is 2.19. The molecular weight excluding hydrogens is 444 g/mol. The minimum absolute atomic E-state index is 0.0335. The van der Waals surface area contributed by atoms with Gasteiger partial charge in [-0.15, -0.1) is 10.2 Å². The first kappa shape index (κ1) is 22.5. The van der Waals surface area contributed by atoms with Crippen molar-refractivity contribution in [3.05, 3.63) is 68.5 Å². The number of aromatic nitrogens is 4. The van der Waals surface area contributed by atoms with Crippen LogP contribution in [0.5, 0.6) is 0 Å². The zero-order chi connectivity index (χ0) is 23.5. The molecule has 0 saturated heterocycles. The third-order valence-corrected chi connectivity index (χ3v) is 6.10. The van der Waals surface area contributed by atoms with E-state index in [4.69, 9.17) is 0 Å². The Hall–Kier alpha value is -3.73. The minimum Gasteiger partial charge on any atom is -0.320 e. The van der Waals surface area contributed by atoms with Gasteiger partial charge >= 0.3 is 0 Å². The third kappa shape index (κ3) is 4.44. The van der Waals surface area contributed by atoms with Crippen LogP contribution in [0, 0.1) is 17.0 Å². The number of nitro benzene ring substituents is 1. The Morgan fingerprint density at radius 1 is 1.21 bits per heavy atom. The summed E-state index contributed by atoms with van der Waals surface area (Å²) in [5.41, 5.74) is 1.24. The molecule has 2 aromatic carbocycles. The number of carbonyl (C=O) groups excluding carboxylic acids is 1. The molecule has 0 radical (unpaired) electrons. The van der Waals surface area contributed by atoms with Crippen LogP contribution in [0.15, 0.2) is 52.4 Å². The van der Waals surface area contributed by atoms with Gasteiger partial charge in [-0.05, 0) is 37.1 Å². The van der Waals surface area contributed by atoms with Crippen molar-refractivity contribution in [2.24, 2.45) is 0 Å². The van der Waals surface area contributed by atoms with Gasteiger partial charge in [0.25, 0.3) is 11.2 Å². The van der Waals surface area contributed by atoms with Crippen molar-refractivity contribution >= 4 is 45.7 Å². The average molecular weight is 467 g/mol. The van der Waals surface area contributed by atoms with Crippen molar-refractivity contribution in [1.82, 2.24) is 19.2 Å². The van der Waals surface area contributed by atoms with Gasteiger partial charge in [0.1, 0.15) is 5.69 Å². The van der Waals surface area contributed by atoms with Crippen LogP contribution in [0.4, 0.5) is 11.4 Å². The first-order valence-electron chi connectivity index (χ1n) is 10.4. The van der Waals surface area contributed by atoms with Crippen LogP contribution in [0.1, 0.15) is 25.3 Å². The molecule has 1 amide bonds. The largest absolute Gasteiger partial charge is 0.320 e. The first-order valence-corrected chi connectivity index (χ1v) is 11.4. The highest BCUT2D eigenvalue weighted by atomic mass is 32.2. The van der Waals surface area contributed by atoms with Gasteiger partial charge in [-0.2, -0.15) is 0 Å². The standard InChI is InChI=1S/C22H22N6O4S/c1-3-4-11-26-20(30)15-7-5-6-8-17(15)27-21(26)24-25-22(27)33-13-19(29)23-16-10-9-14(2)12-18(16)28(31)32/h5-10,12H,3-4,11,13H2,1-2H3,(H,23,29). The van der Waals surface area contributed by atoms with Crippen molar-refractivity contribution in [2.45, 2.75) is 38.4 Å². The van der Waals surface area contributed by atoms with Gasteiger partial charge in [-0.3, -0.25) is 28.7 Å². The number of unbranched alkanes of at least 4 members (excludes halogenated alkanes) is 1. The molecule has 2 heterocycles. The molecule has 10 nitrogen and oxygen atoms in total. The molecule has 0 fully saturated rings. The summed E-state index contributed by atoms with van der Waals surface area (Å²) in [6.45, 7) is 4.31. The zero-order valence-corrected chi connectivity index (χ0v) is 19.0. The molecule has 170 valence electrons. The van der Waals surface area contributed by atoms with E-state index in [1.807, 2.05) is 19.1 Å². The summed E-state index contributed by atoms with van der Waals surface area (Å²) in [5.74, 6) is -0.0228. The van der Waals surface area contributed by atoms with Crippen molar-refractivity contribution in [3.63, 3.8) is 0 Å². The van der Waals surface area contributed by atoms with Gasteiger partial charge in [-0.25, -0.2) is 0 Å². The molecule has 0 saturated carbocycles. The molecule has 0 bridgehead atoms. The van der Waals surface area contributed by atoms with Gasteiger partial charge in [-0.1, -0.05) is 43.3 Å². The molecule has 2 aromatic heterocycles. The first-order chi connectivity index (χ1) is 15.9. The number of hydrogen-bond donors (Lipinski definition) is 1. The van der Waals surface area contributed by atoms with Crippen LogP contribution < -0.4 is 10.9 Å². The zero-order valence-electron chi connectivity index (χ0n) is 18.1. The predicted octanol–water partition coefficient (Wildman–Crippen LogP) is 3.79. The number of amides is 1. The van der Waals surface area contributed by atoms with Gasteiger partial charge in [0.2, 0.25) is 11.7 Å². The molecule has 0 atom stereocenters. The quantitative estimate of drug-likeness (QED) is 0.238. The van der Waals surface area contributed by atoms with Crippen molar-refractivity contribution in [2.75, 3.05) is 11.1 Å². The molecule has 4 rings (SSSR count). The number of fused-ring (bicyclic) bond motifs is 3. The maximum absolute atomic E-state index is 13.0. The van der Waals surface area contributed by atoms with E-state index >= 15 is 0 Å². The lowest BCUT2D eigenvalue weighted by molar-refractivity contribution is -0.384. The molecule has 0 aliphatic heterocycles. The summed E-state index contributed by atoms with van der Waals surface area (Å²) in [6, 6.07) is 11.8. The van der Waals surface area contributed by atoms with Crippen molar-refractivity contribution < 1.29 is 9.72 Å². The van der Waals surface area contributed by atoms with E-state index in [0.29, 0.717) is 28.4 Å². The highest BCUT2D eigenvalue weighted by molar-refractivity contribution is 7.99. The van der Waals surface area contributed by atoms with E-state index in [9.17, 15) is 19.7 Å². The van der Waals surface area contributed by atoms with E-state index in [1.54, 1.807) is 34.1 Å². The summed E-state index contributed by atoms with van der Waals surface area (Å²) in [7, 11) is 0. The van der Waals surface area contributed by atoms with E-state index in [-0.39, 0.29) is 22.7 Å². The lowest BCUT2D eigenvalue weighted by Gasteiger charge is -2.11. The van der Waals surface area contributed by atoms with Gasteiger partial charge in [0.05, 0.1) is 21.6 Å². The van der Waals surface area contributed by atoms with Gasteiger partial charge in [0.15, 0.2) is 5.16 Å². The second kappa shape index (κ2) is 9.41. The van der Waals surface area contributed by atoms with E-state index in [0.717, 1.165) is 30.2 Å².